The monoisotopic (exact) mass is 354 g/mol. The van der Waals surface area contributed by atoms with E-state index in [2.05, 4.69) is 20.8 Å². The second-order valence-corrected chi connectivity index (χ2v) is 9.63. The highest BCUT2D eigenvalue weighted by Gasteiger charge is 2.67. The smallest absolute Gasteiger partial charge is 0.142 e. The van der Waals surface area contributed by atoms with Gasteiger partial charge in [-0.3, -0.25) is 9.18 Å². The van der Waals surface area contributed by atoms with Crippen LogP contribution in [0.3, 0.4) is 0 Å². The van der Waals surface area contributed by atoms with Gasteiger partial charge in [-0.05, 0) is 55.8 Å². The molecule has 3 aliphatic rings. The molecule has 3 saturated carbocycles. The Hall–Kier alpha value is -0.480. The Morgan fingerprint density at radius 1 is 1.24 bits per heavy atom. The first kappa shape index (κ1) is 19.3. The van der Waals surface area contributed by atoms with E-state index in [1.54, 1.807) is 7.11 Å². The molecule has 0 amide bonds. The molecule has 0 spiro atoms. The lowest BCUT2D eigenvalue weighted by molar-refractivity contribution is -0.192. The predicted molar refractivity (Wildman–Crippen MR) is 96.0 cm³/mol. The van der Waals surface area contributed by atoms with Crippen molar-refractivity contribution >= 4 is 5.78 Å². The maximum absolute atomic E-state index is 13.5. The van der Waals surface area contributed by atoms with Crippen LogP contribution in [0.5, 0.6) is 0 Å². The van der Waals surface area contributed by atoms with Crippen LogP contribution in [0.2, 0.25) is 0 Å². The van der Waals surface area contributed by atoms with E-state index in [0.717, 1.165) is 25.7 Å². The van der Waals surface area contributed by atoms with E-state index in [9.17, 15) is 14.3 Å². The second kappa shape index (κ2) is 6.30. The van der Waals surface area contributed by atoms with Crippen LogP contribution in [-0.2, 0) is 9.53 Å². The van der Waals surface area contributed by atoms with E-state index in [1.165, 1.54) is 0 Å². The van der Waals surface area contributed by atoms with Gasteiger partial charge in [0.2, 0.25) is 0 Å². The van der Waals surface area contributed by atoms with Crippen molar-refractivity contribution in [2.75, 3.05) is 13.8 Å². The molecule has 0 aromatic carbocycles. The molecule has 0 aliphatic heterocycles. The Bertz CT molecular complexity index is 537. The normalized spacial score (nSPS) is 53.2. The lowest BCUT2D eigenvalue weighted by atomic mass is 9.44. The average molecular weight is 355 g/mol. The van der Waals surface area contributed by atoms with Crippen molar-refractivity contribution < 1.29 is 19.0 Å². The summed E-state index contributed by atoms with van der Waals surface area (Å²) < 4.78 is 19.1. The van der Waals surface area contributed by atoms with Crippen molar-refractivity contribution in [1.82, 2.24) is 0 Å². The number of halogens is 1. The number of rotatable bonds is 3. The van der Waals surface area contributed by atoms with Gasteiger partial charge in [-0.1, -0.05) is 27.7 Å². The molecule has 3 nitrogen and oxygen atoms in total. The number of ether oxygens (including phenoxy) is 1. The molecule has 2 bridgehead atoms. The molecular formula is C21H35FO3. The molecule has 0 heterocycles. The van der Waals surface area contributed by atoms with Gasteiger partial charge in [0.1, 0.15) is 5.78 Å². The molecule has 0 aromatic rings. The fourth-order valence-electron chi connectivity index (χ4n) is 6.96. The van der Waals surface area contributed by atoms with Crippen LogP contribution < -0.4 is 0 Å². The fraction of sp³-hybridized carbons (Fsp3) is 0.952. The molecule has 3 aliphatic carbocycles. The predicted octanol–water partition coefficient (Wildman–Crippen LogP) is 4.17. The summed E-state index contributed by atoms with van der Waals surface area (Å²) in [7, 11) is 1.76. The molecule has 1 N–H and O–H groups in total. The number of Topliss-reactive ketones (excluding diaryl/α,β-unsaturated/α-hetero) is 1. The van der Waals surface area contributed by atoms with Crippen LogP contribution >= 0.6 is 0 Å². The molecule has 144 valence electrons. The lowest BCUT2D eigenvalue weighted by Gasteiger charge is -2.61. The summed E-state index contributed by atoms with van der Waals surface area (Å²) in [6.07, 6.45) is 4.06. The Kier molecular flexibility index (Phi) is 4.86. The van der Waals surface area contributed by atoms with Crippen molar-refractivity contribution in [1.29, 1.82) is 0 Å². The van der Waals surface area contributed by atoms with Gasteiger partial charge in [0, 0.05) is 23.9 Å². The number of aliphatic hydroxyl groups is 1. The van der Waals surface area contributed by atoms with Crippen LogP contribution in [-0.4, -0.2) is 36.9 Å². The van der Waals surface area contributed by atoms with E-state index >= 15 is 0 Å². The van der Waals surface area contributed by atoms with Gasteiger partial charge in [0.15, 0.2) is 0 Å². The minimum atomic E-state index is -0.769. The Labute approximate surface area is 151 Å². The van der Waals surface area contributed by atoms with Gasteiger partial charge in [0.05, 0.1) is 18.9 Å². The molecule has 3 fully saturated rings. The van der Waals surface area contributed by atoms with Crippen LogP contribution in [0.1, 0.15) is 66.2 Å². The molecule has 8 atom stereocenters. The SMILES string of the molecule is CO[C@@H]1CCC23CC[C@@H](C)[C@](C)(C12)[C@H](O)C[C@@](C)(CCF)C(=O)[C@@H]3C. The standard InChI is InChI=1S/C21H35FO3/c1-13-6-8-21-9-7-15(25-5)17(21)20(13,4)16(23)12-19(3,10-11-22)18(24)14(21)2/h13-17,23H,6-12H2,1-5H3/t13-,14+,15-,16-,17?,19-,20+,21?/m1/s1. The first-order valence-electron chi connectivity index (χ1n) is 9.98. The Morgan fingerprint density at radius 3 is 2.48 bits per heavy atom. The highest BCUT2D eigenvalue weighted by molar-refractivity contribution is 5.87. The number of carbonyl (C=O) groups is 1. The first-order chi connectivity index (χ1) is 11.7. The van der Waals surface area contributed by atoms with Crippen LogP contribution in [0.25, 0.3) is 0 Å². The maximum atomic E-state index is 13.5. The third-order valence-corrected chi connectivity index (χ3v) is 8.82. The molecule has 3 rings (SSSR count). The summed E-state index contributed by atoms with van der Waals surface area (Å²) >= 11 is 0. The van der Waals surface area contributed by atoms with E-state index in [-0.39, 0.29) is 41.0 Å². The third kappa shape index (κ3) is 2.46. The highest BCUT2D eigenvalue weighted by Crippen LogP contribution is 2.68. The molecule has 0 saturated heterocycles. The van der Waals surface area contributed by atoms with Crippen molar-refractivity contribution in [2.24, 2.45) is 34.0 Å². The summed E-state index contributed by atoms with van der Waals surface area (Å²) in [4.78, 5) is 13.5. The number of hydrogen-bond acceptors (Lipinski definition) is 3. The number of carbonyl (C=O) groups excluding carboxylic acids is 1. The van der Waals surface area contributed by atoms with Crippen LogP contribution in [0.15, 0.2) is 0 Å². The zero-order chi connectivity index (χ0) is 18.6. The third-order valence-electron chi connectivity index (χ3n) is 8.82. The summed E-state index contributed by atoms with van der Waals surface area (Å²) in [6.45, 7) is 7.87. The number of methoxy groups -OCH3 is 1. The fourth-order valence-corrected chi connectivity index (χ4v) is 6.96. The summed E-state index contributed by atoms with van der Waals surface area (Å²) in [5.74, 6) is 0.611. The van der Waals surface area contributed by atoms with E-state index in [1.807, 2.05) is 6.92 Å². The summed E-state index contributed by atoms with van der Waals surface area (Å²) in [5.41, 5.74) is -1.17. The average Bonchev–Trinajstić information content (AvgIpc) is 2.97. The number of aliphatic hydroxyl groups excluding tert-OH is 1. The maximum Gasteiger partial charge on any atom is 0.142 e. The van der Waals surface area contributed by atoms with E-state index in [0.29, 0.717) is 12.3 Å². The van der Waals surface area contributed by atoms with Gasteiger partial charge in [-0.2, -0.15) is 0 Å². The van der Waals surface area contributed by atoms with Gasteiger partial charge < -0.3 is 9.84 Å². The minimum absolute atomic E-state index is 0.100. The number of ketones is 1. The largest absolute Gasteiger partial charge is 0.393 e. The van der Waals surface area contributed by atoms with Crippen molar-refractivity contribution in [3.05, 3.63) is 0 Å². The summed E-state index contributed by atoms with van der Waals surface area (Å²) in [6, 6.07) is 0. The van der Waals surface area contributed by atoms with Crippen LogP contribution in [0, 0.1) is 34.0 Å². The quantitative estimate of drug-likeness (QED) is 0.827. The van der Waals surface area contributed by atoms with Gasteiger partial charge in [0.25, 0.3) is 0 Å². The molecular weight excluding hydrogens is 319 g/mol. The number of alkyl halides is 1. The Balaban J connectivity index is 2.16. The minimum Gasteiger partial charge on any atom is -0.393 e. The molecule has 25 heavy (non-hydrogen) atoms. The second-order valence-electron chi connectivity index (χ2n) is 9.63. The topological polar surface area (TPSA) is 46.5 Å². The molecule has 0 aromatic heterocycles. The lowest BCUT2D eigenvalue weighted by Crippen LogP contribution is -2.62. The highest BCUT2D eigenvalue weighted by atomic mass is 19.1. The van der Waals surface area contributed by atoms with E-state index < -0.39 is 18.2 Å². The molecule has 2 unspecified atom stereocenters. The zero-order valence-corrected chi connectivity index (χ0v) is 16.5. The van der Waals surface area contributed by atoms with Crippen molar-refractivity contribution in [2.45, 2.75) is 78.4 Å². The summed E-state index contributed by atoms with van der Waals surface area (Å²) in [5, 5.41) is 11.3. The van der Waals surface area contributed by atoms with Crippen LogP contribution in [0.4, 0.5) is 4.39 Å². The van der Waals surface area contributed by atoms with Gasteiger partial charge >= 0.3 is 0 Å². The van der Waals surface area contributed by atoms with Gasteiger partial charge in [-0.25, -0.2) is 0 Å². The first-order valence-corrected chi connectivity index (χ1v) is 9.98. The van der Waals surface area contributed by atoms with E-state index in [4.69, 9.17) is 4.74 Å². The Morgan fingerprint density at radius 2 is 1.88 bits per heavy atom. The van der Waals surface area contributed by atoms with Crippen molar-refractivity contribution in [3.8, 4) is 0 Å². The zero-order valence-electron chi connectivity index (χ0n) is 16.5. The van der Waals surface area contributed by atoms with Crippen molar-refractivity contribution in [3.63, 3.8) is 0 Å². The molecule has 0 radical (unpaired) electrons. The molecule has 4 heteroatoms. The number of hydrogen-bond donors (Lipinski definition) is 1. The van der Waals surface area contributed by atoms with Gasteiger partial charge in [-0.15, -0.1) is 0 Å².